The van der Waals surface area contributed by atoms with E-state index in [1.807, 2.05) is 0 Å². The van der Waals surface area contributed by atoms with E-state index >= 15 is 0 Å². The maximum absolute atomic E-state index is 11.1. The van der Waals surface area contributed by atoms with Crippen molar-refractivity contribution in [2.45, 2.75) is 63.9 Å². The van der Waals surface area contributed by atoms with Crippen LogP contribution in [0.25, 0.3) is 0 Å². The largest absolute Gasteiger partial charge is 0.300 e. The number of carbonyl (C=O) groups excluding carboxylic acids is 2. The molecule has 0 saturated heterocycles. The molecule has 0 aliphatic rings. The summed E-state index contributed by atoms with van der Waals surface area (Å²) in [5.41, 5.74) is 0. The molecule has 0 unspecified atom stereocenters. The van der Waals surface area contributed by atoms with Gasteiger partial charge in [-0.15, -0.1) is 23.5 Å². The number of ketones is 2. The zero-order valence-corrected chi connectivity index (χ0v) is 13.4. The molecule has 17 heavy (non-hydrogen) atoms. The van der Waals surface area contributed by atoms with Crippen molar-refractivity contribution in [3.8, 4) is 0 Å². The molecule has 0 fully saturated rings. The van der Waals surface area contributed by atoms with Crippen LogP contribution in [0.4, 0.5) is 0 Å². The van der Waals surface area contributed by atoms with E-state index in [4.69, 9.17) is 0 Å². The highest BCUT2D eigenvalue weighted by Crippen LogP contribution is 2.37. The lowest BCUT2D eigenvalue weighted by Crippen LogP contribution is -2.22. The Balaban J connectivity index is 4.05. The molecule has 0 atom stereocenters. The molecule has 0 aliphatic heterocycles. The molecular formula is C13H24O2S2. The van der Waals surface area contributed by atoms with Crippen molar-refractivity contribution in [2.24, 2.45) is 0 Å². The van der Waals surface area contributed by atoms with Crippen LogP contribution in [0.1, 0.15) is 54.4 Å². The van der Waals surface area contributed by atoms with Gasteiger partial charge in [-0.05, 0) is 13.8 Å². The molecule has 0 aromatic carbocycles. The van der Waals surface area contributed by atoms with E-state index in [9.17, 15) is 9.59 Å². The van der Waals surface area contributed by atoms with Crippen molar-refractivity contribution in [1.29, 1.82) is 0 Å². The molecule has 0 aromatic heterocycles. The molecule has 0 saturated carbocycles. The van der Waals surface area contributed by atoms with Gasteiger partial charge in [0.2, 0.25) is 0 Å². The van der Waals surface area contributed by atoms with Crippen LogP contribution in [0.3, 0.4) is 0 Å². The highest BCUT2D eigenvalue weighted by molar-refractivity contribution is 8.17. The van der Waals surface area contributed by atoms with Crippen LogP contribution >= 0.6 is 23.5 Å². The van der Waals surface area contributed by atoms with Gasteiger partial charge in [0.05, 0.1) is 0 Å². The zero-order chi connectivity index (χ0) is 13.7. The quantitative estimate of drug-likeness (QED) is 0.629. The average molecular weight is 276 g/mol. The third-order valence-electron chi connectivity index (χ3n) is 2.25. The van der Waals surface area contributed by atoms with E-state index < -0.39 is 0 Å². The van der Waals surface area contributed by atoms with Gasteiger partial charge in [0.1, 0.15) is 11.6 Å². The topological polar surface area (TPSA) is 34.1 Å². The highest BCUT2D eigenvalue weighted by atomic mass is 32.2. The lowest BCUT2D eigenvalue weighted by molar-refractivity contribution is -0.118. The Morgan fingerprint density at radius 3 is 1.35 bits per heavy atom. The fourth-order valence-corrected chi connectivity index (χ4v) is 5.05. The first-order chi connectivity index (χ1) is 7.54. The predicted octanol–water partition coefficient (Wildman–Crippen LogP) is 3.93. The summed E-state index contributed by atoms with van der Waals surface area (Å²) in [5.74, 6) is 0.464. The molecule has 2 nitrogen and oxygen atoms in total. The van der Waals surface area contributed by atoms with Crippen LogP contribution < -0.4 is 0 Å². The molecule has 4 heteroatoms. The van der Waals surface area contributed by atoms with Crippen LogP contribution in [0.2, 0.25) is 0 Å². The maximum Gasteiger partial charge on any atom is 0.131 e. The van der Waals surface area contributed by atoms with E-state index in [1.54, 1.807) is 37.4 Å². The van der Waals surface area contributed by atoms with Gasteiger partial charge < -0.3 is 0 Å². The van der Waals surface area contributed by atoms with Gasteiger partial charge in [0, 0.05) is 27.4 Å². The minimum Gasteiger partial charge on any atom is -0.300 e. The van der Waals surface area contributed by atoms with Crippen LogP contribution in [0, 0.1) is 0 Å². The summed E-state index contributed by atoms with van der Waals surface area (Å²) in [6.07, 6.45) is 1.21. The van der Waals surface area contributed by atoms with Crippen LogP contribution in [0.15, 0.2) is 0 Å². The lowest BCUT2D eigenvalue weighted by atomic mass is 10.1. The number of Topliss-reactive ketones (excluding diaryl/α,β-unsaturated/α-hetero) is 2. The minimum atomic E-state index is -0.00879. The maximum atomic E-state index is 11.1. The lowest BCUT2D eigenvalue weighted by Gasteiger charge is -2.27. The SMILES string of the molecule is CC(=O)CC(C)(C)SCSC(C)(C)CC(C)=O. The highest BCUT2D eigenvalue weighted by Gasteiger charge is 2.24. The molecule has 0 spiro atoms. The normalized spacial score (nSPS) is 12.6. The summed E-state index contributed by atoms with van der Waals surface area (Å²) >= 11 is 3.58. The second-order valence-electron chi connectivity index (χ2n) is 5.68. The van der Waals surface area contributed by atoms with Gasteiger partial charge in [0.25, 0.3) is 0 Å². The van der Waals surface area contributed by atoms with E-state index in [0.29, 0.717) is 12.8 Å². The second-order valence-corrected chi connectivity index (χ2v) is 9.41. The van der Waals surface area contributed by atoms with Crippen molar-refractivity contribution in [3.63, 3.8) is 0 Å². The molecule has 100 valence electrons. The summed E-state index contributed by atoms with van der Waals surface area (Å²) < 4.78 is -0.0176. The molecule has 0 heterocycles. The van der Waals surface area contributed by atoms with Gasteiger partial charge in [-0.3, -0.25) is 9.59 Å². The summed E-state index contributed by atoms with van der Waals surface area (Å²) in [4.78, 5) is 22.2. The molecule has 0 radical (unpaired) electrons. The van der Waals surface area contributed by atoms with Crippen molar-refractivity contribution < 1.29 is 9.59 Å². The van der Waals surface area contributed by atoms with E-state index in [0.717, 1.165) is 5.08 Å². The van der Waals surface area contributed by atoms with E-state index in [2.05, 4.69) is 27.7 Å². The number of carbonyl (C=O) groups is 2. The number of rotatable bonds is 8. The summed E-state index contributed by atoms with van der Waals surface area (Å²) in [6, 6.07) is 0. The van der Waals surface area contributed by atoms with Gasteiger partial charge in [-0.2, -0.15) is 0 Å². The van der Waals surface area contributed by atoms with E-state index in [-0.39, 0.29) is 21.1 Å². The fourth-order valence-electron chi connectivity index (χ4n) is 1.65. The number of thioether (sulfide) groups is 2. The monoisotopic (exact) mass is 276 g/mol. The Kier molecular flexibility index (Phi) is 6.85. The Morgan fingerprint density at radius 2 is 1.12 bits per heavy atom. The first-order valence-corrected chi connectivity index (χ1v) is 7.78. The van der Waals surface area contributed by atoms with Gasteiger partial charge in [-0.25, -0.2) is 0 Å². The third-order valence-corrected chi connectivity index (χ3v) is 5.04. The summed E-state index contributed by atoms with van der Waals surface area (Å²) in [7, 11) is 0. The van der Waals surface area contributed by atoms with Crippen molar-refractivity contribution in [1.82, 2.24) is 0 Å². The third kappa shape index (κ3) is 9.72. The molecule has 0 bridgehead atoms. The van der Waals surface area contributed by atoms with Gasteiger partial charge >= 0.3 is 0 Å². The molecule has 0 amide bonds. The first kappa shape index (κ1) is 17.0. The fraction of sp³-hybridized carbons (Fsp3) is 0.846. The molecule has 0 N–H and O–H groups in total. The Hall–Kier alpha value is 0.0400. The number of hydrogen-bond donors (Lipinski definition) is 0. The second kappa shape index (κ2) is 6.83. The predicted molar refractivity (Wildman–Crippen MR) is 78.8 cm³/mol. The Labute approximate surface area is 114 Å². The van der Waals surface area contributed by atoms with E-state index in [1.165, 1.54) is 0 Å². The molecule has 0 rings (SSSR count). The van der Waals surface area contributed by atoms with Crippen LogP contribution in [-0.4, -0.2) is 26.1 Å². The molecular weight excluding hydrogens is 252 g/mol. The number of hydrogen-bond acceptors (Lipinski definition) is 4. The van der Waals surface area contributed by atoms with Crippen molar-refractivity contribution >= 4 is 35.1 Å². The Morgan fingerprint density at radius 1 is 0.824 bits per heavy atom. The smallest absolute Gasteiger partial charge is 0.131 e. The van der Waals surface area contributed by atoms with Crippen molar-refractivity contribution in [2.75, 3.05) is 5.08 Å². The van der Waals surface area contributed by atoms with Crippen molar-refractivity contribution in [3.05, 3.63) is 0 Å². The van der Waals surface area contributed by atoms with Crippen LogP contribution in [-0.2, 0) is 9.59 Å². The van der Waals surface area contributed by atoms with Crippen LogP contribution in [0.5, 0.6) is 0 Å². The van der Waals surface area contributed by atoms with Gasteiger partial charge in [-0.1, -0.05) is 27.7 Å². The Bertz CT molecular complexity index is 255. The first-order valence-electron chi connectivity index (χ1n) is 5.81. The summed E-state index contributed by atoms with van der Waals surface area (Å²) in [5, 5.41) is 0.917. The average Bonchev–Trinajstić information content (AvgIpc) is 1.96. The zero-order valence-electron chi connectivity index (χ0n) is 11.8. The molecule has 0 aromatic rings. The van der Waals surface area contributed by atoms with Gasteiger partial charge in [0.15, 0.2) is 0 Å². The summed E-state index contributed by atoms with van der Waals surface area (Å²) in [6.45, 7) is 11.6. The minimum absolute atomic E-state index is 0.00879. The molecule has 0 aliphatic carbocycles. The standard InChI is InChI=1S/C13H24O2S2/c1-10(14)7-12(3,4)16-9-17-13(5,6)8-11(2)15/h7-9H2,1-6H3.